The van der Waals surface area contributed by atoms with E-state index < -0.39 is 0 Å². The van der Waals surface area contributed by atoms with Crippen LogP contribution in [0.25, 0.3) is 10.9 Å². The van der Waals surface area contributed by atoms with E-state index in [2.05, 4.69) is 24.4 Å². The molecule has 3 atom stereocenters. The van der Waals surface area contributed by atoms with Gasteiger partial charge in [0.15, 0.2) is 5.16 Å². The first-order valence-electron chi connectivity index (χ1n) is 11.1. The van der Waals surface area contributed by atoms with Crippen LogP contribution < -0.4 is 10.9 Å². The lowest BCUT2D eigenvalue weighted by Crippen LogP contribution is -2.35. The highest BCUT2D eigenvalue weighted by molar-refractivity contribution is 8.00. The maximum Gasteiger partial charge on any atom is 0.262 e. The van der Waals surface area contributed by atoms with Crippen molar-refractivity contribution in [2.24, 2.45) is 0 Å². The Labute approximate surface area is 192 Å². The van der Waals surface area contributed by atoms with Crippen molar-refractivity contribution in [2.75, 3.05) is 13.2 Å². The van der Waals surface area contributed by atoms with Crippen LogP contribution in [0.3, 0.4) is 0 Å². The van der Waals surface area contributed by atoms with Crippen LogP contribution in [0.2, 0.25) is 0 Å². The van der Waals surface area contributed by atoms with E-state index >= 15 is 0 Å². The van der Waals surface area contributed by atoms with E-state index in [1.807, 2.05) is 43.3 Å². The Bertz CT molecular complexity index is 1130. The summed E-state index contributed by atoms with van der Waals surface area (Å²) < 4.78 is 7.44. The van der Waals surface area contributed by atoms with E-state index in [4.69, 9.17) is 9.72 Å². The molecule has 2 aromatic carbocycles. The lowest BCUT2D eigenvalue weighted by molar-refractivity contribution is -0.120. The smallest absolute Gasteiger partial charge is 0.262 e. The van der Waals surface area contributed by atoms with Gasteiger partial charge in [-0.2, -0.15) is 0 Å². The second-order valence-electron chi connectivity index (χ2n) is 8.28. The Morgan fingerprint density at radius 3 is 2.69 bits per heavy atom. The number of carbonyl (C=O) groups is 1. The molecular weight excluding hydrogens is 422 g/mol. The van der Waals surface area contributed by atoms with Gasteiger partial charge >= 0.3 is 0 Å². The number of nitrogens with one attached hydrogen (secondary N) is 1. The highest BCUT2D eigenvalue weighted by Gasteiger charge is 2.23. The van der Waals surface area contributed by atoms with E-state index in [1.54, 1.807) is 10.6 Å². The molecule has 0 bridgehead atoms. The third-order valence-electron chi connectivity index (χ3n) is 5.84. The number of thioether (sulfide) groups is 1. The van der Waals surface area contributed by atoms with Crippen LogP contribution in [0, 0.1) is 0 Å². The van der Waals surface area contributed by atoms with E-state index in [0.29, 0.717) is 29.1 Å². The molecule has 1 N–H and O–H groups in total. The van der Waals surface area contributed by atoms with Crippen LogP contribution in [0.5, 0.6) is 0 Å². The van der Waals surface area contributed by atoms with Crippen LogP contribution in [-0.4, -0.2) is 40.0 Å². The number of ether oxygens (including phenoxy) is 1. The Morgan fingerprint density at radius 1 is 1.19 bits per heavy atom. The van der Waals surface area contributed by atoms with Crippen LogP contribution in [-0.2, 0) is 16.1 Å². The van der Waals surface area contributed by atoms with Gasteiger partial charge in [-0.3, -0.25) is 14.2 Å². The first kappa shape index (κ1) is 22.6. The molecule has 3 aromatic rings. The number of nitrogens with zero attached hydrogens (tertiary/aromatic N) is 2. The van der Waals surface area contributed by atoms with E-state index in [0.717, 1.165) is 19.4 Å². The average Bonchev–Trinajstić information content (AvgIpc) is 3.33. The van der Waals surface area contributed by atoms with Gasteiger partial charge in [-0.1, -0.05) is 61.2 Å². The normalized spacial score (nSPS) is 17.9. The maximum atomic E-state index is 13.2. The minimum absolute atomic E-state index is 0.00543. The summed E-state index contributed by atoms with van der Waals surface area (Å²) in [6, 6.07) is 17.5. The van der Waals surface area contributed by atoms with Gasteiger partial charge in [0, 0.05) is 13.2 Å². The number of fused-ring (bicyclic) bond motifs is 1. The van der Waals surface area contributed by atoms with Gasteiger partial charge in [-0.25, -0.2) is 4.98 Å². The topological polar surface area (TPSA) is 73.2 Å². The minimum atomic E-state index is -0.387. The standard InChI is InChI=1S/C25H29N3O3S/c1-17(19-9-4-3-5-10-19)15-26-23(29)18(2)32-25-27-22-13-7-6-12-21(22)24(30)28(25)16-20-11-8-14-31-20/h3-7,9-10,12-13,17-18,20H,8,11,14-16H2,1-2H3,(H,26,29). The molecule has 32 heavy (non-hydrogen) atoms. The quantitative estimate of drug-likeness (QED) is 0.414. The molecule has 0 aliphatic carbocycles. The summed E-state index contributed by atoms with van der Waals surface area (Å²) in [4.78, 5) is 30.8. The molecule has 1 fully saturated rings. The Hall–Kier alpha value is -2.64. The van der Waals surface area contributed by atoms with Crippen LogP contribution in [0.4, 0.5) is 0 Å². The molecular formula is C25H29N3O3S. The average molecular weight is 452 g/mol. The largest absolute Gasteiger partial charge is 0.376 e. The minimum Gasteiger partial charge on any atom is -0.376 e. The number of hydrogen-bond donors (Lipinski definition) is 1. The van der Waals surface area contributed by atoms with Crippen LogP contribution >= 0.6 is 11.8 Å². The number of amides is 1. The molecule has 1 aliphatic rings. The maximum absolute atomic E-state index is 13.2. The van der Waals surface area contributed by atoms with Gasteiger partial charge in [0.25, 0.3) is 5.56 Å². The van der Waals surface area contributed by atoms with Crippen molar-refractivity contribution < 1.29 is 9.53 Å². The molecule has 0 saturated carbocycles. The van der Waals surface area contributed by atoms with Crippen molar-refractivity contribution in [3.05, 3.63) is 70.5 Å². The third kappa shape index (κ3) is 5.22. The number of benzene rings is 2. The highest BCUT2D eigenvalue weighted by Crippen LogP contribution is 2.25. The number of para-hydroxylation sites is 1. The first-order valence-corrected chi connectivity index (χ1v) is 12.0. The second-order valence-corrected chi connectivity index (χ2v) is 9.59. The molecule has 0 radical (unpaired) electrons. The van der Waals surface area contributed by atoms with E-state index in [1.165, 1.54) is 17.3 Å². The predicted molar refractivity (Wildman–Crippen MR) is 128 cm³/mol. The zero-order chi connectivity index (χ0) is 22.5. The highest BCUT2D eigenvalue weighted by atomic mass is 32.2. The fraction of sp³-hybridized carbons (Fsp3) is 0.400. The number of hydrogen-bond acceptors (Lipinski definition) is 5. The second kappa shape index (κ2) is 10.3. The van der Waals surface area contributed by atoms with Gasteiger partial charge in [0.1, 0.15) is 0 Å². The van der Waals surface area contributed by atoms with Crippen LogP contribution in [0.1, 0.15) is 38.2 Å². The summed E-state index contributed by atoms with van der Waals surface area (Å²) in [6.45, 7) is 5.68. The fourth-order valence-corrected chi connectivity index (χ4v) is 4.84. The van der Waals surface area contributed by atoms with Crippen molar-refractivity contribution in [1.82, 2.24) is 14.9 Å². The van der Waals surface area contributed by atoms with Crippen LogP contribution in [0.15, 0.2) is 64.5 Å². The van der Waals surface area contributed by atoms with E-state index in [9.17, 15) is 9.59 Å². The zero-order valence-corrected chi connectivity index (χ0v) is 19.3. The summed E-state index contributed by atoms with van der Waals surface area (Å²) in [6.07, 6.45) is 1.93. The molecule has 0 spiro atoms. The molecule has 2 heterocycles. The number of carbonyl (C=O) groups excluding carboxylic acids is 1. The van der Waals surface area contributed by atoms with Crippen molar-refractivity contribution in [2.45, 2.75) is 55.7 Å². The fourth-order valence-electron chi connectivity index (χ4n) is 3.90. The van der Waals surface area contributed by atoms with E-state index in [-0.39, 0.29) is 28.7 Å². The van der Waals surface area contributed by atoms with Crippen molar-refractivity contribution >= 4 is 28.6 Å². The summed E-state index contributed by atoms with van der Waals surface area (Å²) >= 11 is 1.32. The lowest BCUT2D eigenvalue weighted by atomic mass is 10.0. The monoisotopic (exact) mass is 451 g/mol. The van der Waals surface area contributed by atoms with Crippen molar-refractivity contribution in [1.29, 1.82) is 0 Å². The lowest BCUT2D eigenvalue weighted by Gasteiger charge is -2.19. The van der Waals surface area contributed by atoms with Gasteiger partial charge in [-0.15, -0.1) is 0 Å². The molecule has 1 aliphatic heterocycles. The molecule has 3 unspecified atom stereocenters. The Morgan fingerprint density at radius 2 is 1.94 bits per heavy atom. The van der Waals surface area contributed by atoms with Crippen molar-refractivity contribution in [3.8, 4) is 0 Å². The summed E-state index contributed by atoms with van der Waals surface area (Å²) in [5.74, 6) is 0.151. The zero-order valence-electron chi connectivity index (χ0n) is 18.5. The molecule has 1 saturated heterocycles. The summed E-state index contributed by atoms with van der Waals surface area (Å²) in [5, 5.41) is 3.80. The number of aromatic nitrogens is 2. The molecule has 4 rings (SSSR count). The molecule has 6 nitrogen and oxygen atoms in total. The summed E-state index contributed by atoms with van der Waals surface area (Å²) in [7, 11) is 0. The van der Waals surface area contributed by atoms with Crippen molar-refractivity contribution in [3.63, 3.8) is 0 Å². The molecule has 7 heteroatoms. The predicted octanol–water partition coefficient (Wildman–Crippen LogP) is 3.98. The molecule has 1 aromatic heterocycles. The van der Waals surface area contributed by atoms with Gasteiger partial charge < -0.3 is 10.1 Å². The van der Waals surface area contributed by atoms with Gasteiger partial charge in [0.2, 0.25) is 5.91 Å². The van der Waals surface area contributed by atoms with Gasteiger partial charge in [0.05, 0.1) is 28.8 Å². The Balaban J connectivity index is 1.50. The first-order chi connectivity index (χ1) is 15.5. The molecule has 168 valence electrons. The Kier molecular flexibility index (Phi) is 7.27. The number of rotatable bonds is 8. The molecule has 1 amide bonds. The third-order valence-corrected chi connectivity index (χ3v) is 6.93. The van der Waals surface area contributed by atoms with Gasteiger partial charge in [-0.05, 0) is 43.4 Å². The summed E-state index contributed by atoms with van der Waals surface area (Å²) in [5.41, 5.74) is 1.75. The SMILES string of the molecule is CC(Sc1nc2ccccc2c(=O)n1CC1CCCO1)C(=O)NCC(C)c1ccccc1.